The first-order valence-electron chi connectivity index (χ1n) is 5.86. The molecule has 0 bridgehead atoms. The maximum Gasteiger partial charge on any atom is 0.0558 e. The Balaban J connectivity index is 2.26. The topological polar surface area (TPSA) is 20.2 Å². The van der Waals surface area contributed by atoms with E-state index in [1.54, 1.807) is 0 Å². The Hall–Kier alpha value is -1.38. The minimum atomic E-state index is 0.272. The third kappa shape index (κ3) is 3.28. The summed E-state index contributed by atoms with van der Waals surface area (Å²) in [4.78, 5) is 0. The van der Waals surface area contributed by atoms with E-state index in [1.807, 2.05) is 12.1 Å². The van der Waals surface area contributed by atoms with Gasteiger partial charge in [0, 0.05) is 6.61 Å². The van der Waals surface area contributed by atoms with Crippen LogP contribution in [-0.4, -0.2) is 21.2 Å². The van der Waals surface area contributed by atoms with Crippen LogP contribution in [0.25, 0.3) is 0 Å². The number of hydrogen-bond donors (Lipinski definition) is 1. The zero-order valence-corrected chi connectivity index (χ0v) is 10.7. The van der Waals surface area contributed by atoms with E-state index in [9.17, 15) is 0 Å². The highest BCUT2D eigenvalue weighted by Crippen LogP contribution is 2.23. The SMILES string of the molecule is OCC[Si]C(c1ccccc1)c1ccccc1. The van der Waals surface area contributed by atoms with Crippen LogP contribution < -0.4 is 0 Å². The minimum Gasteiger partial charge on any atom is -0.397 e. The molecule has 0 unspecified atom stereocenters. The number of aliphatic hydroxyl groups excluding tert-OH is 1. The molecule has 1 nitrogen and oxygen atoms in total. The molecular weight excluding hydrogens is 224 g/mol. The van der Waals surface area contributed by atoms with Crippen LogP contribution >= 0.6 is 0 Å². The Bertz CT molecular complexity index is 388. The molecule has 0 saturated carbocycles. The minimum absolute atomic E-state index is 0.272. The van der Waals surface area contributed by atoms with Crippen LogP contribution in [0.3, 0.4) is 0 Å². The van der Waals surface area contributed by atoms with Crippen molar-refractivity contribution in [2.24, 2.45) is 0 Å². The second-order valence-electron chi connectivity index (χ2n) is 3.93. The van der Waals surface area contributed by atoms with Crippen molar-refractivity contribution in [1.82, 2.24) is 0 Å². The molecule has 2 aromatic rings. The normalized spacial score (nSPS) is 10.7. The van der Waals surface area contributed by atoms with E-state index < -0.39 is 0 Å². The fraction of sp³-hybridized carbons (Fsp3) is 0.200. The van der Waals surface area contributed by atoms with Crippen molar-refractivity contribution in [2.75, 3.05) is 6.61 Å². The Morgan fingerprint density at radius 1 is 0.824 bits per heavy atom. The third-order valence-corrected chi connectivity index (χ3v) is 4.31. The molecule has 2 radical (unpaired) electrons. The van der Waals surface area contributed by atoms with E-state index in [1.165, 1.54) is 11.1 Å². The summed E-state index contributed by atoms with van der Waals surface area (Å²) >= 11 is 0. The number of hydrogen-bond acceptors (Lipinski definition) is 1. The van der Waals surface area contributed by atoms with Crippen LogP contribution in [0.1, 0.15) is 16.7 Å². The Kier molecular flexibility index (Phi) is 4.53. The Morgan fingerprint density at radius 2 is 1.29 bits per heavy atom. The number of aliphatic hydroxyl groups is 1. The van der Waals surface area contributed by atoms with E-state index in [2.05, 4.69) is 48.5 Å². The fourth-order valence-corrected chi connectivity index (χ4v) is 3.20. The quantitative estimate of drug-likeness (QED) is 0.797. The summed E-state index contributed by atoms with van der Waals surface area (Å²) in [6, 6.07) is 21.9. The van der Waals surface area contributed by atoms with E-state index in [0.29, 0.717) is 5.54 Å². The van der Waals surface area contributed by atoms with Crippen LogP contribution in [-0.2, 0) is 0 Å². The second kappa shape index (κ2) is 6.38. The van der Waals surface area contributed by atoms with Gasteiger partial charge in [-0.05, 0) is 22.7 Å². The average Bonchev–Trinajstić information content (AvgIpc) is 2.42. The average molecular weight is 240 g/mol. The molecule has 0 aliphatic heterocycles. The highest BCUT2D eigenvalue weighted by atomic mass is 28.2. The Morgan fingerprint density at radius 3 is 1.71 bits per heavy atom. The lowest BCUT2D eigenvalue weighted by Crippen LogP contribution is -2.10. The first-order chi connectivity index (χ1) is 8.42. The molecule has 17 heavy (non-hydrogen) atoms. The predicted octanol–water partition coefficient (Wildman–Crippen LogP) is 2.89. The molecule has 1 N–H and O–H groups in total. The lowest BCUT2D eigenvalue weighted by atomic mass is 10.0. The zero-order chi connectivity index (χ0) is 11.9. The van der Waals surface area contributed by atoms with E-state index in [-0.39, 0.29) is 6.61 Å². The van der Waals surface area contributed by atoms with Crippen molar-refractivity contribution in [1.29, 1.82) is 0 Å². The van der Waals surface area contributed by atoms with Crippen LogP contribution in [0.2, 0.25) is 6.04 Å². The third-order valence-electron chi connectivity index (χ3n) is 2.73. The van der Waals surface area contributed by atoms with Gasteiger partial charge in [-0.15, -0.1) is 0 Å². The highest BCUT2D eigenvalue weighted by Gasteiger charge is 2.13. The van der Waals surface area contributed by atoms with Crippen LogP contribution in [0.4, 0.5) is 0 Å². The van der Waals surface area contributed by atoms with Gasteiger partial charge in [0.15, 0.2) is 0 Å². The van der Waals surface area contributed by atoms with Crippen molar-refractivity contribution in [3.63, 3.8) is 0 Å². The van der Waals surface area contributed by atoms with E-state index in [4.69, 9.17) is 5.11 Å². The molecular formula is C15H16OSi. The summed E-state index contributed by atoms with van der Waals surface area (Å²) in [7, 11) is 0.728. The van der Waals surface area contributed by atoms with E-state index >= 15 is 0 Å². The molecule has 2 rings (SSSR count). The number of rotatable bonds is 5. The van der Waals surface area contributed by atoms with Crippen LogP contribution in [0, 0.1) is 0 Å². The van der Waals surface area contributed by atoms with Crippen molar-refractivity contribution in [3.05, 3.63) is 71.8 Å². The maximum absolute atomic E-state index is 9.02. The first kappa shape index (κ1) is 12.1. The summed E-state index contributed by atoms with van der Waals surface area (Å²) in [5.41, 5.74) is 3.10. The summed E-state index contributed by atoms with van der Waals surface area (Å²) in [5.74, 6) is 0. The summed E-state index contributed by atoms with van der Waals surface area (Å²) in [6.45, 7) is 0.272. The smallest absolute Gasteiger partial charge is 0.0558 e. The van der Waals surface area contributed by atoms with E-state index in [0.717, 1.165) is 15.6 Å². The molecule has 0 aliphatic carbocycles. The van der Waals surface area contributed by atoms with Gasteiger partial charge in [-0.2, -0.15) is 0 Å². The molecule has 2 aromatic carbocycles. The van der Waals surface area contributed by atoms with Crippen molar-refractivity contribution < 1.29 is 5.11 Å². The van der Waals surface area contributed by atoms with Crippen molar-refractivity contribution >= 4 is 9.52 Å². The predicted molar refractivity (Wildman–Crippen MR) is 72.4 cm³/mol. The fourth-order valence-electron chi connectivity index (χ4n) is 1.93. The second-order valence-corrected chi connectivity index (χ2v) is 5.42. The van der Waals surface area contributed by atoms with Crippen LogP contribution in [0.5, 0.6) is 0 Å². The van der Waals surface area contributed by atoms with Gasteiger partial charge < -0.3 is 5.11 Å². The van der Waals surface area contributed by atoms with Gasteiger partial charge in [0.05, 0.1) is 9.52 Å². The zero-order valence-electron chi connectivity index (χ0n) is 9.71. The van der Waals surface area contributed by atoms with Gasteiger partial charge in [0.2, 0.25) is 0 Å². The van der Waals surface area contributed by atoms with Crippen molar-refractivity contribution in [3.8, 4) is 0 Å². The molecule has 0 fully saturated rings. The molecule has 0 atom stereocenters. The van der Waals surface area contributed by atoms with Gasteiger partial charge in [0.25, 0.3) is 0 Å². The summed E-state index contributed by atoms with van der Waals surface area (Å²) in [5, 5.41) is 9.02. The Labute approximate surface area is 105 Å². The molecule has 0 heterocycles. The highest BCUT2D eigenvalue weighted by molar-refractivity contribution is 6.39. The summed E-state index contributed by atoms with van der Waals surface area (Å²) in [6.07, 6.45) is 0. The number of benzene rings is 2. The molecule has 0 aromatic heterocycles. The molecule has 86 valence electrons. The monoisotopic (exact) mass is 240 g/mol. The van der Waals surface area contributed by atoms with Gasteiger partial charge in [0.1, 0.15) is 0 Å². The largest absolute Gasteiger partial charge is 0.397 e. The lowest BCUT2D eigenvalue weighted by molar-refractivity contribution is 0.318. The molecule has 0 aliphatic rings. The van der Waals surface area contributed by atoms with Gasteiger partial charge in [-0.25, -0.2) is 0 Å². The van der Waals surface area contributed by atoms with Gasteiger partial charge >= 0.3 is 0 Å². The molecule has 0 amide bonds. The summed E-state index contributed by atoms with van der Waals surface area (Å²) < 4.78 is 0. The van der Waals surface area contributed by atoms with Crippen LogP contribution in [0.15, 0.2) is 60.7 Å². The lowest BCUT2D eigenvalue weighted by Gasteiger charge is -2.16. The van der Waals surface area contributed by atoms with Crippen molar-refractivity contribution in [2.45, 2.75) is 11.6 Å². The molecule has 2 heteroatoms. The molecule has 0 spiro atoms. The maximum atomic E-state index is 9.02. The standard InChI is InChI=1S/C15H16OSi/c16-11-12-17-15(13-7-3-1-4-8-13)14-9-5-2-6-10-14/h1-10,15-16H,11-12H2. The first-order valence-corrected chi connectivity index (χ1v) is 7.14. The van der Waals surface area contributed by atoms with Gasteiger partial charge in [-0.3, -0.25) is 0 Å². The van der Waals surface area contributed by atoms with Gasteiger partial charge in [-0.1, -0.05) is 60.7 Å². The molecule has 0 saturated heterocycles.